The van der Waals surface area contributed by atoms with Crippen LogP contribution < -0.4 is 0 Å². The van der Waals surface area contributed by atoms with Crippen molar-refractivity contribution in [2.24, 2.45) is 0 Å². The van der Waals surface area contributed by atoms with Crippen LogP contribution in [0.3, 0.4) is 0 Å². The van der Waals surface area contributed by atoms with Crippen LogP contribution in [0, 0.1) is 11.5 Å². The number of ketones is 1. The zero-order chi connectivity index (χ0) is 15.8. The number of allylic oxidation sites excluding steroid dienone is 2. The highest BCUT2D eigenvalue weighted by molar-refractivity contribution is 6.83. The molecule has 4 heteroatoms. The smallest absolute Gasteiger partial charge is 0.250 e. The van der Waals surface area contributed by atoms with Gasteiger partial charge in [0.2, 0.25) is 0 Å². The number of carbonyl (C=O) groups excluding carboxylic acids is 1. The normalized spacial score (nSPS) is 17.1. The second kappa shape index (κ2) is 5.53. The second-order valence-corrected chi connectivity index (χ2v) is 17.6. The van der Waals surface area contributed by atoms with Crippen LogP contribution in [0.5, 0.6) is 0 Å². The molecule has 0 fully saturated rings. The van der Waals surface area contributed by atoms with Crippen molar-refractivity contribution in [1.29, 1.82) is 0 Å². The van der Waals surface area contributed by atoms with Gasteiger partial charge in [-0.15, -0.1) is 5.54 Å². The molecule has 0 radical (unpaired) electrons. The highest BCUT2D eigenvalue weighted by atomic mass is 28.4. The maximum atomic E-state index is 12.1. The molecule has 0 saturated heterocycles. The van der Waals surface area contributed by atoms with Gasteiger partial charge in [0.25, 0.3) is 8.32 Å². The fourth-order valence-corrected chi connectivity index (χ4v) is 3.12. The topological polar surface area (TPSA) is 26.3 Å². The number of rotatable bonds is 2. The van der Waals surface area contributed by atoms with Crippen molar-refractivity contribution in [2.45, 2.75) is 71.4 Å². The van der Waals surface area contributed by atoms with E-state index in [1.54, 1.807) is 0 Å². The molecule has 0 bridgehead atoms. The monoisotopic (exact) mass is 308 g/mol. The molecule has 0 aromatic rings. The summed E-state index contributed by atoms with van der Waals surface area (Å²) < 4.78 is 6.24. The van der Waals surface area contributed by atoms with Crippen molar-refractivity contribution in [3.8, 4) is 11.5 Å². The van der Waals surface area contributed by atoms with E-state index in [1.807, 2.05) is 0 Å². The number of hydrogen-bond donors (Lipinski definition) is 0. The molecule has 1 aliphatic carbocycles. The van der Waals surface area contributed by atoms with Gasteiger partial charge in [-0.05, 0) is 24.6 Å². The SMILES string of the molecule is CC(C)(C)[Si](C)(C)OC1=C(C#C[Si](C)(C)C)CCC1=O. The van der Waals surface area contributed by atoms with E-state index in [1.165, 1.54) is 0 Å². The summed E-state index contributed by atoms with van der Waals surface area (Å²) in [6.07, 6.45) is 1.31. The molecular formula is C16H28O2Si2. The Hall–Kier alpha value is -0.796. The van der Waals surface area contributed by atoms with E-state index in [9.17, 15) is 4.79 Å². The van der Waals surface area contributed by atoms with Gasteiger partial charge in [0.05, 0.1) is 0 Å². The number of hydrogen-bond acceptors (Lipinski definition) is 2. The summed E-state index contributed by atoms with van der Waals surface area (Å²) >= 11 is 0. The van der Waals surface area contributed by atoms with Gasteiger partial charge in [-0.1, -0.05) is 46.3 Å². The van der Waals surface area contributed by atoms with Crippen LogP contribution in [0.15, 0.2) is 11.3 Å². The summed E-state index contributed by atoms with van der Waals surface area (Å²) in [5.41, 5.74) is 4.29. The largest absolute Gasteiger partial charge is 0.541 e. The Morgan fingerprint density at radius 3 is 2.05 bits per heavy atom. The molecule has 0 unspecified atom stereocenters. The minimum Gasteiger partial charge on any atom is -0.541 e. The molecule has 112 valence electrons. The molecule has 0 N–H and O–H groups in total. The third-order valence-electron chi connectivity index (χ3n) is 3.88. The summed E-state index contributed by atoms with van der Waals surface area (Å²) in [6, 6.07) is 0. The molecule has 0 aromatic heterocycles. The van der Waals surface area contributed by atoms with Gasteiger partial charge in [-0.2, -0.15) is 0 Å². The van der Waals surface area contributed by atoms with Crippen LogP contribution in [0.4, 0.5) is 0 Å². The third-order valence-corrected chi connectivity index (χ3v) is 9.08. The lowest BCUT2D eigenvalue weighted by Gasteiger charge is -2.36. The molecule has 0 heterocycles. The van der Waals surface area contributed by atoms with Gasteiger partial charge < -0.3 is 4.43 Å². The average molecular weight is 309 g/mol. The molecule has 1 aliphatic rings. The van der Waals surface area contributed by atoms with Crippen LogP contribution in [-0.2, 0) is 9.22 Å². The highest BCUT2D eigenvalue weighted by Crippen LogP contribution is 2.39. The number of carbonyl (C=O) groups is 1. The molecule has 0 amide bonds. The Bertz CT molecular complexity index is 491. The van der Waals surface area contributed by atoms with E-state index in [0.29, 0.717) is 12.2 Å². The van der Waals surface area contributed by atoms with Crippen molar-refractivity contribution in [3.05, 3.63) is 11.3 Å². The van der Waals surface area contributed by atoms with E-state index >= 15 is 0 Å². The van der Waals surface area contributed by atoms with Gasteiger partial charge in [0.1, 0.15) is 8.07 Å². The second-order valence-electron chi connectivity index (χ2n) is 8.09. The number of Topliss-reactive ketones (excluding diaryl/α,β-unsaturated/α-hetero) is 1. The molecule has 2 nitrogen and oxygen atoms in total. The van der Waals surface area contributed by atoms with E-state index in [2.05, 4.69) is 65.0 Å². The van der Waals surface area contributed by atoms with Gasteiger partial charge in [0, 0.05) is 12.0 Å². The fourth-order valence-electron chi connectivity index (χ4n) is 1.54. The zero-order valence-corrected chi connectivity index (χ0v) is 16.2. The van der Waals surface area contributed by atoms with Crippen LogP contribution >= 0.6 is 0 Å². The van der Waals surface area contributed by atoms with Gasteiger partial charge in [-0.25, -0.2) is 0 Å². The van der Waals surface area contributed by atoms with Crippen molar-refractivity contribution < 1.29 is 9.22 Å². The molecule has 0 aromatic carbocycles. The maximum absolute atomic E-state index is 12.1. The predicted molar refractivity (Wildman–Crippen MR) is 90.7 cm³/mol. The van der Waals surface area contributed by atoms with Gasteiger partial charge >= 0.3 is 0 Å². The predicted octanol–water partition coefficient (Wildman–Crippen LogP) is 4.51. The van der Waals surface area contributed by atoms with Crippen LogP contribution in [-0.4, -0.2) is 22.2 Å². The Kier molecular flexibility index (Phi) is 4.77. The lowest BCUT2D eigenvalue weighted by molar-refractivity contribution is -0.116. The van der Waals surface area contributed by atoms with Crippen LogP contribution in [0.2, 0.25) is 37.8 Å². The molecule has 0 saturated carbocycles. The summed E-state index contributed by atoms with van der Waals surface area (Å²) in [4.78, 5) is 12.1. The fraction of sp³-hybridized carbons (Fsp3) is 0.688. The summed E-state index contributed by atoms with van der Waals surface area (Å²) in [5.74, 6) is 3.95. The zero-order valence-electron chi connectivity index (χ0n) is 14.2. The summed E-state index contributed by atoms with van der Waals surface area (Å²) in [6.45, 7) is 17.6. The third kappa shape index (κ3) is 4.36. The van der Waals surface area contributed by atoms with Gasteiger partial charge in [0.15, 0.2) is 11.5 Å². The van der Waals surface area contributed by atoms with E-state index in [-0.39, 0.29) is 10.8 Å². The first-order valence-corrected chi connectivity index (χ1v) is 13.7. The maximum Gasteiger partial charge on any atom is 0.250 e. The lowest BCUT2D eigenvalue weighted by Crippen LogP contribution is -2.41. The Labute approximate surface area is 126 Å². The van der Waals surface area contributed by atoms with Crippen LogP contribution in [0.25, 0.3) is 0 Å². The van der Waals surface area contributed by atoms with Crippen LogP contribution in [0.1, 0.15) is 33.6 Å². The summed E-state index contributed by atoms with van der Waals surface area (Å²) in [7, 11) is -3.39. The highest BCUT2D eigenvalue weighted by Gasteiger charge is 2.41. The minimum absolute atomic E-state index is 0.0974. The Balaban J connectivity index is 3.10. The molecular weight excluding hydrogens is 280 g/mol. The molecule has 1 rings (SSSR count). The van der Waals surface area contributed by atoms with E-state index in [0.717, 1.165) is 12.0 Å². The van der Waals surface area contributed by atoms with Gasteiger partial charge in [-0.3, -0.25) is 4.79 Å². The van der Waals surface area contributed by atoms with Crippen molar-refractivity contribution in [1.82, 2.24) is 0 Å². The minimum atomic E-state index is -1.96. The molecule has 0 aliphatic heterocycles. The standard InChI is InChI=1S/C16H28O2Si2/c1-16(2,3)20(7,8)18-15-13(9-10-14(15)17)11-12-19(4,5)6/h9-10H2,1-8H3. The average Bonchev–Trinajstić information content (AvgIpc) is 2.54. The molecule has 0 spiro atoms. The van der Waals surface area contributed by atoms with Crippen molar-refractivity contribution in [2.75, 3.05) is 0 Å². The van der Waals surface area contributed by atoms with Crippen molar-refractivity contribution in [3.63, 3.8) is 0 Å². The lowest BCUT2D eigenvalue weighted by atomic mass is 10.2. The first kappa shape index (κ1) is 17.3. The summed E-state index contributed by atoms with van der Waals surface area (Å²) in [5, 5.41) is 0.0974. The quantitative estimate of drug-likeness (QED) is 0.554. The first-order valence-electron chi connectivity index (χ1n) is 7.32. The molecule has 20 heavy (non-hydrogen) atoms. The Morgan fingerprint density at radius 2 is 1.60 bits per heavy atom. The Morgan fingerprint density at radius 1 is 1.05 bits per heavy atom. The van der Waals surface area contributed by atoms with Crippen molar-refractivity contribution >= 4 is 22.2 Å². The van der Waals surface area contributed by atoms with E-state index in [4.69, 9.17) is 4.43 Å². The van der Waals surface area contributed by atoms with E-state index < -0.39 is 16.4 Å². The molecule has 0 atom stereocenters. The first-order chi connectivity index (χ1) is 8.83.